The van der Waals surface area contributed by atoms with Gasteiger partial charge in [0.2, 0.25) is 11.8 Å². The second-order valence-electron chi connectivity index (χ2n) is 6.52. The molecule has 0 fully saturated rings. The Balaban J connectivity index is 2.41. The first kappa shape index (κ1) is 18.6. The van der Waals surface area contributed by atoms with Crippen molar-refractivity contribution in [2.24, 2.45) is 5.92 Å². The minimum atomic E-state index is -0.0423. The van der Waals surface area contributed by atoms with E-state index < -0.39 is 0 Å². The summed E-state index contributed by atoms with van der Waals surface area (Å²) < 4.78 is 0.0909. The van der Waals surface area contributed by atoms with E-state index in [0.717, 1.165) is 11.3 Å². The summed E-state index contributed by atoms with van der Waals surface area (Å²) >= 11 is 1.63. The fraction of sp³-hybridized carbons (Fsp3) is 0.529. The molecule has 4 nitrogen and oxygen atoms in total. The van der Waals surface area contributed by atoms with Crippen LogP contribution in [0.4, 0.5) is 5.69 Å². The van der Waals surface area contributed by atoms with Crippen molar-refractivity contribution in [3.8, 4) is 0 Å². The molecule has 2 N–H and O–H groups in total. The van der Waals surface area contributed by atoms with E-state index in [9.17, 15) is 9.59 Å². The van der Waals surface area contributed by atoms with Gasteiger partial charge in [-0.2, -0.15) is 0 Å². The number of anilines is 1. The van der Waals surface area contributed by atoms with Crippen LogP contribution in [0, 0.1) is 5.92 Å². The summed E-state index contributed by atoms with van der Waals surface area (Å²) in [4.78, 5) is 23.4. The summed E-state index contributed by atoms with van der Waals surface area (Å²) in [6, 6.07) is 7.53. The third kappa shape index (κ3) is 7.50. The van der Waals surface area contributed by atoms with Crippen LogP contribution in [0.25, 0.3) is 0 Å². The molecule has 1 aromatic carbocycles. The lowest BCUT2D eigenvalue weighted by atomic mass is 10.1. The van der Waals surface area contributed by atoms with Crippen molar-refractivity contribution >= 4 is 29.3 Å². The normalized spacial score (nSPS) is 11.4. The van der Waals surface area contributed by atoms with Crippen molar-refractivity contribution in [3.63, 3.8) is 0 Å². The number of hydrogen-bond donors (Lipinski definition) is 2. The molecule has 1 aromatic rings. The summed E-state index contributed by atoms with van der Waals surface area (Å²) in [6.45, 7) is 10.5. The average Bonchev–Trinajstić information content (AvgIpc) is 2.43. The van der Waals surface area contributed by atoms with Gasteiger partial charge in [-0.1, -0.05) is 46.8 Å². The van der Waals surface area contributed by atoms with Gasteiger partial charge in [-0.3, -0.25) is 9.59 Å². The van der Waals surface area contributed by atoms with Crippen LogP contribution in [-0.4, -0.2) is 22.3 Å². The molecule has 0 radical (unpaired) electrons. The van der Waals surface area contributed by atoms with E-state index >= 15 is 0 Å². The number of nitrogens with one attached hydrogen (secondary N) is 2. The molecule has 0 heterocycles. The first-order valence-electron chi connectivity index (χ1n) is 7.48. The minimum Gasteiger partial charge on any atom is -0.351 e. The van der Waals surface area contributed by atoms with Gasteiger partial charge in [0.05, 0.1) is 5.75 Å². The Morgan fingerprint density at radius 2 is 1.73 bits per heavy atom. The van der Waals surface area contributed by atoms with Crippen molar-refractivity contribution in [3.05, 3.63) is 29.8 Å². The largest absolute Gasteiger partial charge is 0.351 e. The Bertz CT molecular complexity index is 504. The predicted molar refractivity (Wildman–Crippen MR) is 94.0 cm³/mol. The zero-order valence-electron chi connectivity index (χ0n) is 14.0. The SMILES string of the molecule is CC(C)C(=O)Nc1ccc(CNC(=O)CSC(C)(C)C)cc1. The highest BCUT2D eigenvalue weighted by atomic mass is 32.2. The average molecular weight is 322 g/mol. The van der Waals surface area contributed by atoms with Crippen LogP contribution in [0.5, 0.6) is 0 Å². The summed E-state index contributed by atoms with van der Waals surface area (Å²) in [7, 11) is 0. The molecule has 0 aliphatic rings. The van der Waals surface area contributed by atoms with E-state index in [-0.39, 0.29) is 22.5 Å². The highest BCUT2D eigenvalue weighted by Crippen LogP contribution is 2.22. The number of hydrogen-bond acceptors (Lipinski definition) is 3. The Kier molecular flexibility index (Phi) is 6.94. The van der Waals surface area contributed by atoms with Crippen molar-refractivity contribution < 1.29 is 9.59 Å². The quantitative estimate of drug-likeness (QED) is 0.843. The summed E-state index contributed by atoms with van der Waals surface area (Å²) in [5, 5.41) is 5.74. The van der Waals surface area contributed by atoms with Crippen LogP contribution >= 0.6 is 11.8 Å². The van der Waals surface area contributed by atoms with Gasteiger partial charge in [0.1, 0.15) is 0 Å². The maximum Gasteiger partial charge on any atom is 0.230 e. The second kappa shape index (κ2) is 8.22. The molecule has 0 aliphatic carbocycles. The van der Waals surface area contributed by atoms with Crippen LogP contribution in [0.2, 0.25) is 0 Å². The van der Waals surface area contributed by atoms with Crippen LogP contribution in [0.15, 0.2) is 24.3 Å². The van der Waals surface area contributed by atoms with Crippen molar-refractivity contribution in [1.82, 2.24) is 5.32 Å². The lowest BCUT2D eigenvalue weighted by Gasteiger charge is -2.17. The Morgan fingerprint density at radius 3 is 2.23 bits per heavy atom. The zero-order valence-corrected chi connectivity index (χ0v) is 14.8. The van der Waals surface area contributed by atoms with Crippen LogP contribution in [-0.2, 0) is 16.1 Å². The minimum absolute atomic E-state index is 0.000239. The van der Waals surface area contributed by atoms with E-state index in [4.69, 9.17) is 0 Å². The first-order chi connectivity index (χ1) is 10.2. The molecule has 0 saturated carbocycles. The van der Waals surface area contributed by atoms with E-state index in [1.165, 1.54) is 0 Å². The van der Waals surface area contributed by atoms with Crippen LogP contribution in [0.3, 0.4) is 0 Å². The smallest absolute Gasteiger partial charge is 0.230 e. The van der Waals surface area contributed by atoms with Crippen molar-refractivity contribution in [1.29, 1.82) is 0 Å². The van der Waals surface area contributed by atoms with E-state index in [2.05, 4.69) is 31.4 Å². The number of benzene rings is 1. The van der Waals surface area contributed by atoms with Gasteiger partial charge in [0.15, 0.2) is 0 Å². The maximum atomic E-state index is 11.8. The first-order valence-corrected chi connectivity index (χ1v) is 8.46. The van der Waals surface area contributed by atoms with E-state index in [1.807, 2.05) is 38.1 Å². The molecule has 22 heavy (non-hydrogen) atoms. The van der Waals surface area contributed by atoms with Crippen LogP contribution in [0.1, 0.15) is 40.2 Å². The van der Waals surface area contributed by atoms with Crippen LogP contribution < -0.4 is 10.6 Å². The molecule has 0 aliphatic heterocycles. The highest BCUT2D eigenvalue weighted by Gasteiger charge is 2.13. The van der Waals surface area contributed by atoms with Gasteiger partial charge in [0.25, 0.3) is 0 Å². The molecule has 0 saturated heterocycles. The number of carbonyl (C=O) groups excluding carboxylic acids is 2. The maximum absolute atomic E-state index is 11.8. The fourth-order valence-corrected chi connectivity index (χ4v) is 2.19. The predicted octanol–water partition coefficient (Wildman–Crippen LogP) is 3.43. The van der Waals surface area contributed by atoms with Crippen molar-refractivity contribution in [2.75, 3.05) is 11.1 Å². The monoisotopic (exact) mass is 322 g/mol. The van der Waals surface area contributed by atoms with Gasteiger partial charge < -0.3 is 10.6 Å². The van der Waals surface area contributed by atoms with Gasteiger partial charge >= 0.3 is 0 Å². The molecule has 0 bridgehead atoms. The Labute approximate surface area is 137 Å². The van der Waals surface area contributed by atoms with E-state index in [1.54, 1.807) is 11.8 Å². The van der Waals surface area contributed by atoms with Gasteiger partial charge in [0, 0.05) is 22.9 Å². The zero-order chi connectivity index (χ0) is 16.8. The summed E-state index contributed by atoms with van der Waals surface area (Å²) in [6.07, 6.45) is 0. The lowest BCUT2D eigenvalue weighted by Crippen LogP contribution is -2.26. The molecule has 0 atom stereocenters. The van der Waals surface area contributed by atoms with Gasteiger partial charge in [-0.05, 0) is 17.7 Å². The standard InChI is InChI=1S/C17H26N2O2S/c1-12(2)16(21)19-14-8-6-13(7-9-14)10-18-15(20)11-22-17(3,4)5/h6-9,12H,10-11H2,1-5H3,(H,18,20)(H,19,21). The lowest BCUT2D eigenvalue weighted by molar-refractivity contribution is -0.119. The summed E-state index contributed by atoms with van der Waals surface area (Å²) in [5.41, 5.74) is 1.79. The van der Waals surface area contributed by atoms with Gasteiger partial charge in [-0.25, -0.2) is 0 Å². The highest BCUT2D eigenvalue weighted by molar-refractivity contribution is 8.01. The molecule has 1 rings (SSSR count). The molecular weight excluding hydrogens is 296 g/mol. The number of amides is 2. The molecule has 0 unspecified atom stereocenters. The number of rotatable bonds is 6. The Hall–Kier alpha value is -1.49. The summed E-state index contributed by atoms with van der Waals surface area (Å²) in [5.74, 6) is 0.461. The number of carbonyl (C=O) groups is 2. The third-order valence-corrected chi connectivity index (χ3v) is 4.14. The molecule has 0 aromatic heterocycles. The van der Waals surface area contributed by atoms with Crippen molar-refractivity contribution in [2.45, 2.75) is 45.9 Å². The molecule has 0 spiro atoms. The fourth-order valence-electron chi connectivity index (χ4n) is 1.53. The molecular formula is C17H26N2O2S. The Morgan fingerprint density at radius 1 is 1.14 bits per heavy atom. The molecule has 2 amide bonds. The van der Waals surface area contributed by atoms with E-state index in [0.29, 0.717) is 12.3 Å². The number of thioether (sulfide) groups is 1. The second-order valence-corrected chi connectivity index (χ2v) is 8.32. The molecule has 122 valence electrons. The topological polar surface area (TPSA) is 58.2 Å². The van der Waals surface area contributed by atoms with Gasteiger partial charge in [-0.15, -0.1) is 11.8 Å². The third-order valence-electron chi connectivity index (χ3n) is 2.87. The molecule has 5 heteroatoms.